The lowest BCUT2D eigenvalue weighted by atomic mass is 10.1. The van der Waals surface area contributed by atoms with Crippen LogP contribution >= 0.6 is 0 Å². The average molecular weight is 432 g/mol. The summed E-state index contributed by atoms with van der Waals surface area (Å²) in [7, 11) is 0. The summed E-state index contributed by atoms with van der Waals surface area (Å²) in [4.78, 5) is 36.2. The number of ether oxygens (including phenoxy) is 3. The summed E-state index contributed by atoms with van der Waals surface area (Å²) < 4.78 is 16.4. The van der Waals surface area contributed by atoms with Crippen LogP contribution < -0.4 is 9.47 Å². The van der Waals surface area contributed by atoms with E-state index in [1.807, 2.05) is 60.7 Å². The summed E-state index contributed by atoms with van der Waals surface area (Å²) in [5, 5.41) is 0. The normalized spacial score (nSPS) is 10.3. The fourth-order valence-electron chi connectivity index (χ4n) is 2.91. The van der Waals surface area contributed by atoms with Crippen molar-refractivity contribution >= 4 is 17.5 Å². The molecular weight excluding hydrogens is 408 g/mol. The van der Waals surface area contributed by atoms with E-state index in [2.05, 4.69) is 4.74 Å². The number of Topliss-reactive ketones (excluding diaryl/α,β-unsaturated/α-hetero) is 2. The van der Waals surface area contributed by atoms with Gasteiger partial charge in [0.2, 0.25) is 5.78 Å². The monoisotopic (exact) mass is 432 g/mol. The van der Waals surface area contributed by atoms with E-state index in [4.69, 9.17) is 9.47 Å². The highest BCUT2D eigenvalue weighted by atomic mass is 16.5. The first-order valence-corrected chi connectivity index (χ1v) is 10.3. The molecule has 32 heavy (non-hydrogen) atoms. The molecular formula is C26H24O6. The zero-order valence-corrected chi connectivity index (χ0v) is 17.8. The third kappa shape index (κ3) is 6.80. The lowest BCUT2D eigenvalue weighted by Crippen LogP contribution is -2.20. The minimum absolute atomic E-state index is 0.0685. The fourth-order valence-corrected chi connectivity index (χ4v) is 2.91. The fraction of sp³-hybridized carbons (Fsp3) is 0.192. The lowest BCUT2D eigenvalue weighted by molar-refractivity contribution is -0.153. The molecule has 0 atom stereocenters. The van der Waals surface area contributed by atoms with Gasteiger partial charge in [0.05, 0.1) is 13.0 Å². The maximum Gasteiger partial charge on any atom is 0.375 e. The Morgan fingerprint density at radius 3 is 1.69 bits per heavy atom. The highest BCUT2D eigenvalue weighted by Crippen LogP contribution is 2.26. The molecule has 6 nitrogen and oxygen atoms in total. The number of hydrogen-bond donors (Lipinski definition) is 0. The van der Waals surface area contributed by atoms with Gasteiger partial charge in [-0.05, 0) is 30.2 Å². The van der Waals surface area contributed by atoms with Gasteiger partial charge in [-0.1, -0.05) is 60.7 Å². The second-order valence-corrected chi connectivity index (χ2v) is 6.99. The number of ketones is 2. The van der Waals surface area contributed by atoms with Gasteiger partial charge < -0.3 is 14.2 Å². The zero-order chi connectivity index (χ0) is 22.8. The SMILES string of the molecule is CCOC(=O)C(=O)CC(=O)c1cc(OCc2ccccc2)cc(OCc2ccccc2)c1. The maximum atomic E-state index is 12.7. The van der Waals surface area contributed by atoms with Crippen LogP contribution in [0.1, 0.15) is 34.8 Å². The smallest absolute Gasteiger partial charge is 0.375 e. The lowest BCUT2D eigenvalue weighted by Gasteiger charge is -2.12. The number of carbonyl (C=O) groups is 3. The largest absolute Gasteiger partial charge is 0.489 e. The van der Waals surface area contributed by atoms with Gasteiger partial charge in [0.15, 0.2) is 5.78 Å². The van der Waals surface area contributed by atoms with E-state index in [1.165, 1.54) is 0 Å². The maximum absolute atomic E-state index is 12.7. The quantitative estimate of drug-likeness (QED) is 0.191. The van der Waals surface area contributed by atoms with Gasteiger partial charge in [-0.2, -0.15) is 0 Å². The second-order valence-electron chi connectivity index (χ2n) is 6.99. The van der Waals surface area contributed by atoms with E-state index in [1.54, 1.807) is 25.1 Å². The van der Waals surface area contributed by atoms with Crippen LogP contribution in [-0.2, 0) is 27.5 Å². The van der Waals surface area contributed by atoms with Crippen LogP contribution in [0.3, 0.4) is 0 Å². The molecule has 6 heteroatoms. The Balaban J connectivity index is 1.77. The van der Waals surface area contributed by atoms with Crippen LogP contribution in [0.2, 0.25) is 0 Å². The number of carbonyl (C=O) groups excluding carboxylic acids is 3. The Morgan fingerprint density at radius 2 is 1.22 bits per heavy atom. The van der Waals surface area contributed by atoms with Crippen molar-refractivity contribution in [3.05, 3.63) is 95.6 Å². The summed E-state index contributed by atoms with van der Waals surface area (Å²) in [6, 6.07) is 24.0. The van der Waals surface area contributed by atoms with E-state index in [0.29, 0.717) is 24.7 Å². The van der Waals surface area contributed by atoms with Crippen molar-refractivity contribution in [2.45, 2.75) is 26.6 Å². The van der Waals surface area contributed by atoms with Gasteiger partial charge in [-0.15, -0.1) is 0 Å². The van der Waals surface area contributed by atoms with E-state index < -0.39 is 24.0 Å². The number of benzene rings is 3. The summed E-state index contributed by atoms with van der Waals surface area (Å²) in [6.45, 7) is 2.27. The molecule has 0 radical (unpaired) electrons. The summed E-state index contributed by atoms with van der Waals surface area (Å²) in [6.07, 6.45) is -0.584. The predicted octanol–water partition coefficient (Wildman–Crippen LogP) is 4.55. The molecule has 0 aliphatic carbocycles. The number of hydrogen-bond acceptors (Lipinski definition) is 6. The molecule has 3 rings (SSSR count). The molecule has 0 saturated carbocycles. The summed E-state index contributed by atoms with van der Waals surface area (Å²) in [5.41, 5.74) is 2.15. The van der Waals surface area contributed by atoms with Crippen LogP contribution in [-0.4, -0.2) is 24.1 Å². The number of esters is 1. The minimum Gasteiger partial charge on any atom is -0.489 e. The highest BCUT2D eigenvalue weighted by Gasteiger charge is 2.21. The molecule has 3 aromatic rings. The molecule has 3 aromatic carbocycles. The molecule has 0 spiro atoms. The van der Waals surface area contributed by atoms with Crippen LogP contribution in [0.25, 0.3) is 0 Å². The van der Waals surface area contributed by atoms with Crippen molar-refractivity contribution in [1.82, 2.24) is 0 Å². The van der Waals surface area contributed by atoms with Crippen LogP contribution in [0.15, 0.2) is 78.9 Å². The van der Waals surface area contributed by atoms with Crippen LogP contribution in [0, 0.1) is 0 Å². The highest BCUT2D eigenvalue weighted by molar-refractivity contribution is 6.38. The third-order valence-electron chi connectivity index (χ3n) is 4.52. The molecule has 0 aliphatic rings. The van der Waals surface area contributed by atoms with Crippen molar-refractivity contribution in [2.24, 2.45) is 0 Å². The van der Waals surface area contributed by atoms with Crippen molar-refractivity contribution in [2.75, 3.05) is 6.61 Å². The first-order chi connectivity index (χ1) is 15.5. The Labute approximate surface area is 186 Å². The Hall–Kier alpha value is -3.93. The van der Waals surface area contributed by atoms with Crippen LogP contribution in [0.5, 0.6) is 11.5 Å². The minimum atomic E-state index is -1.02. The predicted molar refractivity (Wildman–Crippen MR) is 119 cm³/mol. The molecule has 0 aromatic heterocycles. The second kappa shape index (κ2) is 11.5. The molecule has 0 fully saturated rings. The third-order valence-corrected chi connectivity index (χ3v) is 4.52. The first-order valence-electron chi connectivity index (χ1n) is 10.3. The van der Waals surface area contributed by atoms with Gasteiger partial charge in [-0.3, -0.25) is 9.59 Å². The van der Waals surface area contributed by atoms with E-state index in [0.717, 1.165) is 11.1 Å². The van der Waals surface area contributed by atoms with Crippen LogP contribution in [0.4, 0.5) is 0 Å². The standard InChI is InChI=1S/C26H24O6/c1-2-30-26(29)25(28)16-24(27)21-13-22(31-17-19-9-5-3-6-10-19)15-23(14-21)32-18-20-11-7-4-8-12-20/h3-15H,2,16-18H2,1H3. The van der Waals surface area contributed by atoms with Crippen molar-refractivity contribution < 1.29 is 28.6 Å². The first kappa shape index (κ1) is 22.7. The molecule has 0 unspecified atom stereocenters. The van der Waals surface area contributed by atoms with Crippen molar-refractivity contribution in [3.63, 3.8) is 0 Å². The van der Waals surface area contributed by atoms with Gasteiger partial charge in [0.25, 0.3) is 0 Å². The Morgan fingerprint density at radius 1 is 0.719 bits per heavy atom. The molecule has 0 bridgehead atoms. The summed E-state index contributed by atoms with van der Waals surface area (Å²) in [5.74, 6) is -1.58. The van der Waals surface area contributed by atoms with E-state index >= 15 is 0 Å². The zero-order valence-electron chi connectivity index (χ0n) is 17.8. The molecule has 0 heterocycles. The van der Waals surface area contributed by atoms with Crippen molar-refractivity contribution in [3.8, 4) is 11.5 Å². The molecule has 0 aliphatic heterocycles. The molecule has 0 saturated heterocycles. The molecule has 0 N–H and O–H groups in total. The number of rotatable bonds is 11. The topological polar surface area (TPSA) is 78.9 Å². The molecule has 164 valence electrons. The van der Waals surface area contributed by atoms with Gasteiger partial charge in [-0.25, -0.2) is 4.79 Å². The summed E-state index contributed by atoms with van der Waals surface area (Å²) >= 11 is 0. The van der Waals surface area contributed by atoms with Gasteiger partial charge in [0.1, 0.15) is 24.7 Å². The van der Waals surface area contributed by atoms with E-state index in [-0.39, 0.29) is 12.2 Å². The Kier molecular flexibility index (Phi) is 8.15. The molecule has 0 amide bonds. The van der Waals surface area contributed by atoms with E-state index in [9.17, 15) is 14.4 Å². The average Bonchev–Trinajstić information content (AvgIpc) is 2.82. The van der Waals surface area contributed by atoms with Gasteiger partial charge >= 0.3 is 5.97 Å². The van der Waals surface area contributed by atoms with Gasteiger partial charge in [0, 0.05) is 11.6 Å². The Bertz CT molecular complexity index is 998. The van der Waals surface area contributed by atoms with Crippen molar-refractivity contribution in [1.29, 1.82) is 0 Å².